The Morgan fingerprint density at radius 1 is 1.00 bits per heavy atom. The lowest BCUT2D eigenvalue weighted by molar-refractivity contribution is 0.411. The molecule has 16 heavy (non-hydrogen) atoms. The molecule has 1 heterocycles. The number of rotatable bonds is 2. The second-order valence-electron chi connectivity index (χ2n) is 3.71. The summed E-state index contributed by atoms with van der Waals surface area (Å²) in [5, 5.41) is 6.29. The molecule has 0 saturated heterocycles. The Morgan fingerprint density at radius 3 is 2.69 bits per heavy atom. The number of hydrogen-bond acceptors (Lipinski definition) is 3. The van der Waals surface area contributed by atoms with Gasteiger partial charge in [0.2, 0.25) is 6.39 Å². The lowest BCUT2D eigenvalue weighted by atomic mass is 10.1. The van der Waals surface area contributed by atoms with Crippen LogP contribution >= 0.6 is 0 Å². The molecule has 2 aromatic carbocycles. The molecule has 3 heteroatoms. The van der Waals surface area contributed by atoms with Gasteiger partial charge in [0.25, 0.3) is 0 Å². The summed E-state index contributed by atoms with van der Waals surface area (Å²) in [6, 6.07) is 14.7. The molecule has 3 nitrogen and oxygen atoms in total. The quantitative estimate of drug-likeness (QED) is 0.652. The SMILES string of the molecule is c1ccc2cc(Cc3ncon3)ccc2c1. The first-order valence-corrected chi connectivity index (χ1v) is 5.15. The van der Waals surface area contributed by atoms with Gasteiger partial charge >= 0.3 is 0 Å². The number of nitrogens with zero attached hydrogens (tertiary/aromatic N) is 2. The fourth-order valence-corrected chi connectivity index (χ4v) is 1.80. The van der Waals surface area contributed by atoms with Crippen molar-refractivity contribution in [3.8, 4) is 0 Å². The average Bonchev–Trinajstić information content (AvgIpc) is 2.82. The van der Waals surface area contributed by atoms with Crippen LogP contribution in [0.4, 0.5) is 0 Å². The third-order valence-electron chi connectivity index (χ3n) is 2.58. The van der Waals surface area contributed by atoms with E-state index in [0.717, 1.165) is 5.82 Å². The zero-order chi connectivity index (χ0) is 10.8. The van der Waals surface area contributed by atoms with Crippen molar-refractivity contribution in [2.45, 2.75) is 6.42 Å². The monoisotopic (exact) mass is 210 g/mol. The normalized spacial score (nSPS) is 10.8. The van der Waals surface area contributed by atoms with E-state index in [1.54, 1.807) is 0 Å². The predicted molar refractivity (Wildman–Crippen MR) is 61.1 cm³/mol. The molecule has 1 aromatic heterocycles. The van der Waals surface area contributed by atoms with Crippen LogP contribution in [0.2, 0.25) is 0 Å². The van der Waals surface area contributed by atoms with Gasteiger partial charge in [0, 0.05) is 6.42 Å². The van der Waals surface area contributed by atoms with Crippen LogP contribution in [-0.2, 0) is 6.42 Å². The highest BCUT2D eigenvalue weighted by molar-refractivity contribution is 5.83. The summed E-state index contributed by atoms with van der Waals surface area (Å²) in [7, 11) is 0. The molecule has 0 N–H and O–H groups in total. The lowest BCUT2D eigenvalue weighted by Crippen LogP contribution is -1.90. The largest absolute Gasteiger partial charge is 0.343 e. The zero-order valence-corrected chi connectivity index (χ0v) is 8.63. The zero-order valence-electron chi connectivity index (χ0n) is 8.63. The van der Waals surface area contributed by atoms with Crippen molar-refractivity contribution < 1.29 is 4.52 Å². The van der Waals surface area contributed by atoms with Crippen LogP contribution in [0.25, 0.3) is 10.8 Å². The van der Waals surface area contributed by atoms with Crippen molar-refractivity contribution in [1.29, 1.82) is 0 Å². The summed E-state index contributed by atoms with van der Waals surface area (Å²) in [5.41, 5.74) is 1.19. The standard InChI is InChI=1S/C13H10N2O/c1-2-4-12-7-10(5-6-11(12)3-1)8-13-14-9-16-15-13/h1-7,9H,8H2. The molecule has 0 saturated carbocycles. The lowest BCUT2D eigenvalue weighted by Gasteiger charge is -2.00. The van der Waals surface area contributed by atoms with E-state index in [0.29, 0.717) is 6.42 Å². The molecule has 0 spiro atoms. The smallest absolute Gasteiger partial charge is 0.213 e. The van der Waals surface area contributed by atoms with Crippen LogP contribution in [0, 0.1) is 0 Å². The highest BCUT2D eigenvalue weighted by Gasteiger charge is 2.01. The Labute approximate surface area is 92.7 Å². The second kappa shape index (κ2) is 3.77. The van der Waals surface area contributed by atoms with Crippen molar-refractivity contribution >= 4 is 10.8 Å². The van der Waals surface area contributed by atoms with E-state index in [1.165, 1.54) is 22.7 Å². The van der Waals surface area contributed by atoms with Gasteiger partial charge in [-0.15, -0.1) is 0 Å². The maximum absolute atomic E-state index is 4.71. The topological polar surface area (TPSA) is 38.9 Å². The minimum atomic E-state index is 0.710. The van der Waals surface area contributed by atoms with Gasteiger partial charge in [0.15, 0.2) is 5.82 Å². The van der Waals surface area contributed by atoms with E-state index in [4.69, 9.17) is 4.52 Å². The van der Waals surface area contributed by atoms with E-state index >= 15 is 0 Å². The molecule has 0 amide bonds. The van der Waals surface area contributed by atoms with Gasteiger partial charge in [-0.05, 0) is 16.3 Å². The van der Waals surface area contributed by atoms with E-state index < -0.39 is 0 Å². The van der Waals surface area contributed by atoms with Gasteiger partial charge < -0.3 is 4.52 Å². The fourth-order valence-electron chi connectivity index (χ4n) is 1.80. The molecule has 0 fully saturated rings. The maximum atomic E-state index is 4.71. The molecule has 3 aromatic rings. The van der Waals surface area contributed by atoms with E-state index in [2.05, 4.69) is 40.5 Å². The summed E-state index contributed by atoms with van der Waals surface area (Å²) in [4.78, 5) is 4.01. The number of hydrogen-bond donors (Lipinski definition) is 0. The molecule has 0 radical (unpaired) electrons. The van der Waals surface area contributed by atoms with Crippen molar-refractivity contribution in [2.24, 2.45) is 0 Å². The second-order valence-corrected chi connectivity index (χ2v) is 3.71. The molecule has 3 rings (SSSR count). The maximum Gasteiger partial charge on any atom is 0.213 e. The van der Waals surface area contributed by atoms with E-state index in [-0.39, 0.29) is 0 Å². The Morgan fingerprint density at radius 2 is 1.88 bits per heavy atom. The molecule has 0 aliphatic carbocycles. The van der Waals surface area contributed by atoms with Crippen molar-refractivity contribution in [3.63, 3.8) is 0 Å². The first-order valence-electron chi connectivity index (χ1n) is 5.15. The summed E-state index contributed by atoms with van der Waals surface area (Å²) >= 11 is 0. The molecule has 0 atom stereocenters. The fraction of sp³-hybridized carbons (Fsp3) is 0.0769. The minimum Gasteiger partial charge on any atom is -0.343 e. The molecule has 0 unspecified atom stereocenters. The predicted octanol–water partition coefficient (Wildman–Crippen LogP) is 2.81. The number of benzene rings is 2. The van der Waals surface area contributed by atoms with Crippen LogP contribution in [-0.4, -0.2) is 10.1 Å². The van der Waals surface area contributed by atoms with Gasteiger partial charge in [-0.2, -0.15) is 4.98 Å². The summed E-state index contributed by atoms with van der Waals surface area (Å²) < 4.78 is 4.71. The Balaban J connectivity index is 1.99. The molecule has 0 aliphatic rings. The van der Waals surface area contributed by atoms with E-state index in [1.807, 2.05) is 12.1 Å². The molecule has 0 bridgehead atoms. The van der Waals surface area contributed by atoms with Crippen molar-refractivity contribution in [1.82, 2.24) is 10.1 Å². The van der Waals surface area contributed by atoms with Crippen LogP contribution in [0.1, 0.15) is 11.4 Å². The summed E-state index contributed by atoms with van der Waals surface area (Å²) in [6.45, 7) is 0. The van der Waals surface area contributed by atoms with Crippen molar-refractivity contribution in [3.05, 3.63) is 60.2 Å². The van der Waals surface area contributed by atoms with Gasteiger partial charge in [0.05, 0.1) is 0 Å². The Hall–Kier alpha value is -2.16. The number of fused-ring (bicyclic) bond motifs is 1. The first kappa shape index (κ1) is 9.09. The van der Waals surface area contributed by atoms with Crippen LogP contribution in [0.15, 0.2) is 53.4 Å². The van der Waals surface area contributed by atoms with Crippen LogP contribution in [0.3, 0.4) is 0 Å². The highest BCUT2D eigenvalue weighted by Crippen LogP contribution is 2.16. The third kappa shape index (κ3) is 1.67. The summed E-state index contributed by atoms with van der Waals surface area (Å²) in [6.07, 6.45) is 2.07. The highest BCUT2D eigenvalue weighted by atomic mass is 16.5. The molecule has 0 aliphatic heterocycles. The molecular weight excluding hydrogens is 200 g/mol. The van der Waals surface area contributed by atoms with Gasteiger partial charge in [-0.25, -0.2) is 0 Å². The molecular formula is C13H10N2O. The number of aromatic nitrogens is 2. The first-order chi connectivity index (χ1) is 7.92. The van der Waals surface area contributed by atoms with Gasteiger partial charge in [-0.3, -0.25) is 0 Å². The van der Waals surface area contributed by atoms with E-state index in [9.17, 15) is 0 Å². The average molecular weight is 210 g/mol. The third-order valence-corrected chi connectivity index (χ3v) is 2.58. The minimum absolute atomic E-state index is 0.710. The Bertz CT molecular complexity index is 602. The Kier molecular flexibility index (Phi) is 2.14. The van der Waals surface area contributed by atoms with Crippen LogP contribution < -0.4 is 0 Å². The van der Waals surface area contributed by atoms with Crippen molar-refractivity contribution in [2.75, 3.05) is 0 Å². The summed E-state index contributed by atoms with van der Waals surface area (Å²) in [5.74, 6) is 0.718. The van der Waals surface area contributed by atoms with Gasteiger partial charge in [0.1, 0.15) is 0 Å². The van der Waals surface area contributed by atoms with Crippen LogP contribution in [0.5, 0.6) is 0 Å². The van der Waals surface area contributed by atoms with Gasteiger partial charge in [-0.1, -0.05) is 47.6 Å². The molecule has 78 valence electrons.